The maximum atomic E-state index is 12.1. The van der Waals surface area contributed by atoms with Crippen LogP contribution in [0.15, 0.2) is 5.03 Å². The number of hydrogen-bond acceptors (Lipinski definition) is 3. The Kier molecular flexibility index (Phi) is 5.75. The predicted octanol–water partition coefficient (Wildman–Crippen LogP) is 1.99. The molecular weight excluding hydrogens is 246 g/mol. The van der Waals surface area contributed by atoms with Crippen LogP contribution in [0.5, 0.6) is 0 Å². The molecule has 5 heteroatoms. The number of likely N-dealkylation sites (N-methyl/N-ethyl adjacent to an activating group) is 1. The summed E-state index contributed by atoms with van der Waals surface area (Å²) >= 11 is 4.29. The summed E-state index contributed by atoms with van der Waals surface area (Å²) in [4.78, 5) is 17.4. The molecule has 0 saturated carbocycles. The van der Waals surface area contributed by atoms with Crippen LogP contribution in [0.2, 0.25) is 0 Å². The van der Waals surface area contributed by atoms with Gasteiger partial charge in [0.25, 0.3) is 5.91 Å². The number of carbonyl (C=O) groups is 1. The van der Waals surface area contributed by atoms with Crippen LogP contribution in [0.1, 0.15) is 35.5 Å². The quantitative estimate of drug-likeness (QED) is 0.692. The van der Waals surface area contributed by atoms with Gasteiger partial charge in [-0.15, -0.1) is 12.6 Å². The van der Waals surface area contributed by atoms with Crippen molar-refractivity contribution in [2.24, 2.45) is 0 Å². The van der Waals surface area contributed by atoms with E-state index in [4.69, 9.17) is 0 Å². The minimum Gasteiger partial charge on any atom is -0.353 e. The number of rotatable bonds is 6. The Morgan fingerprint density at radius 2 is 1.94 bits per heavy atom. The SMILES string of the molecule is CCN(CC)CCNC(=O)c1c(C)[nH]c(S)c1C. The molecule has 1 heterocycles. The van der Waals surface area contributed by atoms with Gasteiger partial charge in [-0.05, 0) is 32.5 Å². The number of carbonyl (C=O) groups excluding carboxylic acids is 1. The zero-order chi connectivity index (χ0) is 13.7. The zero-order valence-electron chi connectivity index (χ0n) is 11.6. The number of nitrogens with zero attached hydrogens (tertiary/aromatic N) is 1. The van der Waals surface area contributed by atoms with Crippen LogP contribution in [0, 0.1) is 13.8 Å². The van der Waals surface area contributed by atoms with E-state index < -0.39 is 0 Å². The van der Waals surface area contributed by atoms with Crippen LogP contribution in [-0.2, 0) is 0 Å². The summed E-state index contributed by atoms with van der Waals surface area (Å²) in [5.41, 5.74) is 2.51. The summed E-state index contributed by atoms with van der Waals surface area (Å²) in [5, 5.41) is 3.72. The van der Waals surface area contributed by atoms with E-state index >= 15 is 0 Å². The van der Waals surface area contributed by atoms with Gasteiger partial charge in [0.15, 0.2) is 0 Å². The van der Waals surface area contributed by atoms with Gasteiger partial charge in [0, 0.05) is 18.8 Å². The van der Waals surface area contributed by atoms with E-state index in [1.54, 1.807) is 0 Å². The Hall–Kier alpha value is -0.940. The molecule has 0 aliphatic rings. The van der Waals surface area contributed by atoms with Gasteiger partial charge in [0.05, 0.1) is 10.6 Å². The minimum absolute atomic E-state index is 0.0197. The van der Waals surface area contributed by atoms with Gasteiger partial charge in [0.1, 0.15) is 0 Å². The Balaban J connectivity index is 2.56. The number of aryl methyl sites for hydroxylation is 1. The first kappa shape index (κ1) is 15.1. The van der Waals surface area contributed by atoms with Crippen molar-refractivity contribution in [3.8, 4) is 0 Å². The summed E-state index contributed by atoms with van der Waals surface area (Å²) < 4.78 is 0. The first-order chi connectivity index (χ1) is 8.51. The van der Waals surface area contributed by atoms with Crippen molar-refractivity contribution in [1.29, 1.82) is 0 Å². The highest BCUT2D eigenvalue weighted by molar-refractivity contribution is 7.80. The molecule has 0 spiro atoms. The average Bonchev–Trinajstić information content (AvgIpc) is 2.59. The lowest BCUT2D eigenvalue weighted by Crippen LogP contribution is -2.35. The maximum absolute atomic E-state index is 12.1. The van der Waals surface area contributed by atoms with E-state index in [2.05, 4.69) is 41.7 Å². The summed E-state index contributed by atoms with van der Waals surface area (Å²) in [6.45, 7) is 11.6. The lowest BCUT2D eigenvalue weighted by atomic mass is 10.1. The molecule has 1 aromatic rings. The third-order valence-corrected chi connectivity index (χ3v) is 3.69. The topological polar surface area (TPSA) is 48.1 Å². The van der Waals surface area contributed by atoms with Crippen LogP contribution < -0.4 is 5.32 Å². The highest BCUT2D eigenvalue weighted by atomic mass is 32.1. The summed E-state index contributed by atoms with van der Waals surface area (Å²) in [6.07, 6.45) is 0. The van der Waals surface area contributed by atoms with E-state index in [-0.39, 0.29) is 5.91 Å². The second-order valence-electron chi connectivity index (χ2n) is 4.38. The second kappa shape index (κ2) is 6.85. The van der Waals surface area contributed by atoms with Crippen molar-refractivity contribution in [1.82, 2.24) is 15.2 Å². The molecule has 0 fully saturated rings. The molecule has 1 amide bonds. The van der Waals surface area contributed by atoms with Gasteiger partial charge in [-0.3, -0.25) is 4.79 Å². The van der Waals surface area contributed by atoms with E-state index in [0.29, 0.717) is 6.54 Å². The Morgan fingerprint density at radius 3 is 2.39 bits per heavy atom. The van der Waals surface area contributed by atoms with Crippen molar-refractivity contribution >= 4 is 18.5 Å². The van der Waals surface area contributed by atoms with E-state index in [0.717, 1.165) is 41.5 Å². The summed E-state index contributed by atoms with van der Waals surface area (Å²) in [6, 6.07) is 0. The number of H-pyrrole nitrogens is 1. The molecule has 0 radical (unpaired) electrons. The molecule has 1 rings (SSSR count). The number of aromatic nitrogens is 1. The predicted molar refractivity (Wildman–Crippen MR) is 77.6 cm³/mol. The molecule has 0 unspecified atom stereocenters. The Morgan fingerprint density at radius 1 is 1.33 bits per heavy atom. The molecule has 1 aromatic heterocycles. The van der Waals surface area contributed by atoms with Crippen LogP contribution in [0.3, 0.4) is 0 Å². The highest BCUT2D eigenvalue weighted by Crippen LogP contribution is 2.20. The van der Waals surface area contributed by atoms with Gasteiger partial charge in [-0.2, -0.15) is 0 Å². The van der Waals surface area contributed by atoms with Crippen LogP contribution in [0.4, 0.5) is 0 Å². The molecule has 0 aliphatic carbocycles. The van der Waals surface area contributed by atoms with E-state index in [1.807, 2.05) is 13.8 Å². The van der Waals surface area contributed by atoms with Gasteiger partial charge in [-0.25, -0.2) is 0 Å². The zero-order valence-corrected chi connectivity index (χ0v) is 12.5. The molecular formula is C13H23N3OS. The van der Waals surface area contributed by atoms with E-state index in [1.165, 1.54) is 0 Å². The summed E-state index contributed by atoms with van der Waals surface area (Å²) in [5.74, 6) is -0.0197. The van der Waals surface area contributed by atoms with Gasteiger partial charge in [0.2, 0.25) is 0 Å². The fourth-order valence-corrected chi connectivity index (χ4v) is 2.31. The third kappa shape index (κ3) is 3.53. The van der Waals surface area contributed by atoms with E-state index in [9.17, 15) is 4.79 Å². The molecule has 0 atom stereocenters. The number of aromatic amines is 1. The Bertz CT molecular complexity index is 411. The standard InChI is InChI=1S/C13H23N3OS/c1-5-16(6-2)8-7-14-12(17)11-9(3)13(18)15-10(11)4/h15,18H,5-8H2,1-4H3,(H,14,17). The molecule has 0 bridgehead atoms. The number of thiol groups is 1. The maximum Gasteiger partial charge on any atom is 0.253 e. The minimum atomic E-state index is -0.0197. The van der Waals surface area contributed by atoms with Crippen LogP contribution in [-0.4, -0.2) is 42.0 Å². The lowest BCUT2D eigenvalue weighted by Gasteiger charge is -2.18. The normalized spacial score (nSPS) is 11.0. The molecule has 0 saturated heterocycles. The molecule has 102 valence electrons. The third-order valence-electron chi connectivity index (χ3n) is 3.25. The van der Waals surface area contributed by atoms with Crippen molar-refractivity contribution < 1.29 is 4.79 Å². The molecule has 2 N–H and O–H groups in total. The fraction of sp³-hybridized carbons (Fsp3) is 0.615. The number of nitrogens with one attached hydrogen (secondary N) is 2. The smallest absolute Gasteiger partial charge is 0.253 e. The highest BCUT2D eigenvalue weighted by Gasteiger charge is 2.16. The van der Waals surface area contributed by atoms with Crippen molar-refractivity contribution in [2.75, 3.05) is 26.2 Å². The van der Waals surface area contributed by atoms with Gasteiger partial charge in [-0.1, -0.05) is 13.8 Å². The number of hydrogen-bond donors (Lipinski definition) is 3. The molecule has 4 nitrogen and oxygen atoms in total. The average molecular weight is 269 g/mol. The summed E-state index contributed by atoms with van der Waals surface area (Å²) in [7, 11) is 0. The lowest BCUT2D eigenvalue weighted by molar-refractivity contribution is 0.0948. The van der Waals surface area contributed by atoms with Gasteiger partial charge < -0.3 is 15.2 Å². The second-order valence-corrected chi connectivity index (χ2v) is 4.83. The first-order valence-corrected chi connectivity index (χ1v) is 6.84. The first-order valence-electron chi connectivity index (χ1n) is 6.39. The molecule has 0 aliphatic heterocycles. The Labute approximate surface area is 115 Å². The van der Waals surface area contributed by atoms with Crippen LogP contribution in [0.25, 0.3) is 0 Å². The van der Waals surface area contributed by atoms with Crippen molar-refractivity contribution in [3.05, 3.63) is 16.8 Å². The van der Waals surface area contributed by atoms with Gasteiger partial charge >= 0.3 is 0 Å². The molecule has 18 heavy (non-hydrogen) atoms. The molecule has 0 aromatic carbocycles. The number of amides is 1. The largest absolute Gasteiger partial charge is 0.353 e. The van der Waals surface area contributed by atoms with Crippen molar-refractivity contribution in [3.63, 3.8) is 0 Å². The van der Waals surface area contributed by atoms with Crippen LogP contribution >= 0.6 is 12.6 Å². The monoisotopic (exact) mass is 269 g/mol. The van der Waals surface area contributed by atoms with Crippen molar-refractivity contribution in [2.45, 2.75) is 32.7 Å². The fourth-order valence-electron chi connectivity index (χ4n) is 2.03.